The number of ether oxygens (including phenoxy) is 1. The van der Waals surface area contributed by atoms with E-state index in [4.69, 9.17) is 0 Å². The summed E-state index contributed by atoms with van der Waals surface area (Å²) in [5, 5.41) is 2.76. The number of rotatable bonds is 4. The Morgan fingerprint density at radius 3 is 2.29 bits per heavy atom. The number of nitrogens with one attached hydrogen (secondary N) is 1. The van der Waals surface area contributed by atoms with Crippen LogP contribution in [-0.2, 0) is 14.3 Å². The van der Waals surface area contributed by atoms with Crippen molar-refractivity contribution >= 4 is 11.9 Å². The molecule has 0 aromatic heterocycles. The highest BCUT2D eigenvalue weighted by atomic mass is 16.5. The molecule has 0 aliphatic heterocycles. The highest BCUT2D eigenvalue weighted by Gasteiger charge is 2.20. The van der Waals surface area contributed by atoms with Crippen LogP contribution in [0.4, 0.5) is 0 Å². The monoisotopic (exact) mass is 201 g/mol. The smallest absolute Gasteiger partial charge is 0.305 e. The summed E-state index contributed by atoms with van der Waals surface area (Å²) in [4.78, 5) is 22.1. The third kappa shape index (κ3) is 5.56. The summed E-state index contributed by atoms with van der Waals surface area (Å²) in [7, 11) is 1.36. The third-order valence-electron chi connectivity index (χ3n) is 1.75. The van der Waals surface area contributed by atoms with Gasteiger partial charge in [0.2, 0.25) is 5.91 Å². The van der Waals surface area contributed by atoms with Gasteiger partial charge >= 0.3 is 5.97 Å². The number of hydrogen-bond acceptors (Lipinski definition) is 3. The summed E-state index contributed by atoms with van der Waals surface area (Å²) < 4.78 is 4.47. The second-order valence-electron chi connectivity index (χ2n) is 4.19. The van der Waals surface area contributed by atoms with Gasteiger partial charge in [-0.05, 0) is 6.42 Å². The molecule has 0 bridgehead atoms. The van der Waals surface area contributed by atoms with Crippen molar-refractivity contribution in [2.75, 3.05) is 13.7 Å². The quantitative estimate of drug-likeness (QED) is 0.547. The van der Waals surface area contributed by atoms with Crippen LogP contribution >= 0.6 is 0 Å². The third-order valence-corrected chi connectivity index (χ3v) is 1.75. The number of amides is 1. The Morgan fingerprint density at radius 1 is 1.29 bits per heavy atom. The van der Waals surface area contributed by atoms with E-state index < -0.39 is 0 Å². The minimum absolute atomic E-state index is 0.00219. The van der Waals surface area contributed by atoms with E-state index in [0.29, 0.717) is 19.4 Å². The lowest BCUT2D eigenvalue weighted by Crippen LogP contribution is -2.35. The van der Waals surface area contributed by atoms with Crippen LogP contribution in [0.2, 0.25) is 0 Å². The van der Waals surface area contributed by atoms with Crippen molar-refractivity contribution in [3.63, 3.8) is 0 Å². The van der Waals surface area contributed by atoms with Crippen molar-refractivity contribution in [3.05, 3.63) is 0 Å². The molecule has 0 rings (SSSR count). The highest BCUT2D eigenvalue weighted by molar-refractivity contribution is 5.81. The molecule has 0 atom stereocenters. The Kier molecular flexibility index (Phi) is 5.20. The van der Waals surface area contributed by atoms with Crippen LogP contribution < -0.4 is 5.32 Å². The molecule has 1 amide bonds. The zero-order valence-electron chi connectivity index (χ0n) is 9.35. The molecule has 0 aliphatic carbocycles. The molecule has 0 heterocycles. The van der Waals surface area contributed by atoms with Gasteiger partial charge in [-0.15, -0.1) is 0 Å². The van der Waals surface area contributed by atoms with Gasteiger partial charge in [0, 0.05) is 18.4 Å². The van der Waals surface area contributed by atoms with Gasteiger partial charge < -0.3 is 10.1 Å². The topological polar surface area (TPSA) is 55.4 Å². The molecule has 0 spiro atoms. The molecule has 0 aromatic carbocycles. The van der Waals surface area contributed by atoms with E-state index in [2.05, 4.69) is 10.1 Å². The van der Waals surface area contributed by atoms with E-state index in [0.717, 1.165) is 0 Å². The van der Waals surface area contributed by atoms with Crippen molar-refractivity contribution in [1.82, 2.24) is 5.32 Å². The van der Waals surface area contributed by atoms with Crippen molar-refractivity contribution < 1.29 is 14.3 Å². The van der Waals surface area contributed by atoms with E-state index >= 15 is 0 Å². The first-order valence-corrected chi connectivity index (χ1v) is 4.73. The number of esters is 1. The molecular formula is C10H19NO3. The summed E-state index contributed by atoms with van der Waals surface area (Å²) in [6, 6.07) is 0. The lowest BCUT2D eigenvalue weighted by atomic mass is 9.96. The first-order chi connectivity index (χ1) is 6.38. The van der Waals surface area contributed by atoms with Gasteiger partial charge in [-0.25, -0.2) is 0 Å². The standard InChI is InChI=1S/C10H19NO3/c1-10(2,3)9(13)11-7-5-6-8(12)14-4/h5-7H2,1-4H3,(H,11,13). The Morgan fingerprint density at radius 2 is 1.86 bits per heavy atom. The predicted molar refractivity (Wildman–Crippen MR) is 53.7 cm³/mol. The molecule has 0 saturated carbocycles. The minimum Gasteiger partial charge on any atom is -0.469 e. The van der Waals surface area contributed by atoms with Gasteiger partial charge in [-0.2, -0.15) is 0 Å². The van der Waals surface area contributed by atoms with Gasteiger partial charge in [-0.1, -0.05) is 20.8 Å². The molecule has 0 aliphatic rings. The van der Waals surface area contributed by atoms with Crippen molar-refractivity contribution in [3.8, 4) is 0 Å². The fourth-order valence-corrected chi connectivity index (χ4v) is 0.802. The molecular weight excluding hydrogens is 182 g/mol. The van der Waals surface area contributed by atoms with Crippen LogP contribution in [0.15, 0.2) is 0 Å². The van der Waals surface area contributed by atoms with Crippen LogP contribution in [0, 0.1) is 5.41 Å². The lowest BCUT2D eigenvalue weighted by molar-refractivity contribution is -0.140. The molecule has 14 heavy (non-hydrogen) atoms. The molecule has 4 nitrogen and oxygen atoms in total. The fourth-order valence-electron chi connectivity index (χ4n) is 0.802. The Bertz CT molecular complexity index is 206. The normalized spacial score (nSPS) is 10.9. The molecule has 0 saturated heterocycles. The highest BCUT2D eigenvalue weighted by Crippen LogP contribution is 2.12. The van der Waals surface area contributed by atoms with Gasteiger partial charge in [0.05, 0.1) is 7.11 Å². The number of methoxy groups -OCH3 is 1. The van der Waals surface area contributed by atoms with Crippen LogP contribution in [0.1, 0.15) is 33.6 Å². The van der Waals surface area contributed by atoms with Crippen molar-refractivity contribution in [2.45, 2.75) is 33.6 Å². The maximum Gasteiger partial charge on any atom is 0.305 e. The van der Waals surface area contributed by atoms with Gasteiger partial charge in [-0.3, -0.25) is 9.59 Å². The summed E-state index contributed by atoms with van der Waals surface area (Å²) in [6.45, 7) is 6.07. The summed E-state index contributed by atoms with van der Waals surface area (Å²) in [6.07, 6.45) is 0.968. The Labute approximate surface area is 85.0 Å². The van der Waals surface area contributed by atoms with Gasteiger partial charge in [0.15, 0.2) is 0 Å². The molecule has 1 N–H and O–H groups in total. The summed E-state index contributed by atoms with van der Waals surface area (Å²) in [5.74, 6) is -0.239. The molecule has 0 fully saturated rings. The number of carbonyl (C=O) groups excluding carboxylic acids is 2. The van der Waals surface area contributed by atoms with E-state index in [1.807, 2.05) is 20.8 Å². The lowest BCUT2D eigenvalue weighted by Gasteiger charge is -2.17. The maximum atomic E-state index is 11.4. The second kappa shape index (κ2) is 5.62. The number of hydrogen-bond donors (Lipinski definition) is 1. The van der Waals surface area contributed by atoms with E-state index in [1.165, 1.54) is 7.11 Å². The van der Waals surface area contributed by atoms with E-state index in [9.17, 15) is 9.59 Å². The van der Waals surface area contributed by atoms with Crippen LogP contribution in [-0.4, -0.2) is 25.5 Å². The number of carbonyl (C=O) groups is 2. The molecule has 0 aromatic rings. The second-order valence-corrected chi connectivity index (χ2v) is 4.19. The average molecular weight is 201 g/mol. The summed E-state index contributed by atoms with van der Waals surface area (Å²) >= 11 is 0. The zero-order valence-corrected chi connectivity index (χ0v) is 9.35. The first-order valence-electron chi connectivity index (χ1n) is 4.73. The van der Waals surface area contributed by atoms with Crippen molar-refractivity contribution in [1.29, 1.82) is 0 Å². The largest absolute Gasteiger partial charge is 0.469 e. The van der Waals surface area contributed by atoms with E-state index in [-0.39, 0.29) is 17.3 Å². The van der Waals surface area contributed by atoms with Gasteiger partial charge in [0.1, 0.15) is 0 Å². The molecule has 0 radical (unpaired) electrons. The zero-order chi connectivity index (χ0) is 11.2. The Hall–Kier alpha value is -1.06. The van der Waals surface area contributed by atoms with Crippen LogP contribution in [0.3, 0.4) is 0 Å². The van der Waals surface area contributed by atoms with Crippen molar-refractivity contribution in [2.24, 2.45) is 5.41 Å². The SMILES string of the molecule is COC(=O)CCCNC(=O)C(C)(C)C. The maximum absolute atomic E-state index is 11.4. The molecule has 82 valence electrons. The minimum atomic E-state index is -0.370. The summed E-state index contributed by atoms with van der Waals surface area (Å²) in [5.41, 5.74) is -0.370. The average Bonchev–Trinajstić information content (AvgIpc) is 2.09. The van der Waals surface area contributed by atoms with E-state index in [1.54, 1.807) is 0 Å². The first kappa shape index (κ1) is 12.9. The Balaban J connectivity index is 3.56. The van der Waals surface area contributed by atoms with Crippen LogP contribution in [0.25, 0.3) is 0 Å². The van der Waals surface area contributed by atoms with Gasteiger partial charge in [0.25, 0.3) is 0 Å². The fraction of sp³-hybridized carbons (Fsp3) is 0.800. The predicted octanol–water partition coefficient (Wildman–Crippen LogP) is 1.10. The van der Waals surface area contributed by atoms with Crippen LogP contribution in [0.5, 0.6) is 0 Å². The molecule has 0 unspecified atom stereocenters. The molecule has 4 heteroatoms.